The van der Waals surface area contributed by atoms with Gasteiger partial charge in [0.2, 0.25) is 0 Å². The van der Waals surface area contributed by atoms with E-state index in [0.717, 1.165) is 12.8 Å². The summed E-state index contributed by atoms with van der Waals surface area (Å²) in [4.78, 5) is 0. The molecule has 14 heavy (non-hydrogen) atoms. The molecule has 0 unspecified atom stereocenters. The lowest BCUT2D eigenvalue weighted by atomic mass is 10.5. The Kier molecular flexibility index (Phi) is 3.86. The molecule has 0 heterocycles. The molecule has 1 saturated carbocycles. The van der Waals surface area contributed by atoms with Crippen LogP contribution in [0.3, 0.4) is 0 Å². The van der Waals surface area contributed by atoms with Crippen LogP contribution in [0, 0.1) is 11.3 Å². The van der Waals surface area contributed by atoms with Crippen molar-refractivity contribution in [3.63, 3.8) is 0 Å². The van der Waals surface area contributed by atoms with E-state index in [0.29, 0.717) is 13.0 Å². The van der Waals surface area contributed by atoms with Gasteiger partial charge in [0.15, 0.2) is 0 Å². The van der Waals surface area contributed by atoms with Crippen LogP contribution in [-0.4, -0.2) is 31.9 Å². The summed E-state index contributed by atoms with van der Waals surface area (Å²) in [5, 5.41) is 8.49. The Bertz CT molecular complexity index is 316. The van der Waals surface area contributed by atoms with Crippen LogP contribution in [-0.2, 0) is 10.2 Å². The van der Waals surface area contributed by atoms with Gasteiger partial charge in [0.05, 0.1) is 6.07 Å². The second kappa shape index (κ2) is 4.73. The molecule has 1 rings (SSSR count). The third-order valence-corrected chi connectivity index (χ3v) is 3.58. The summed E-state index contributed by atoms with van der Waals surface area (Å²) in [6.45, 7) is 2.21. The summed E-state index contributed by atoms with van der Waals surface area (Å²) in [6.07, 6.45) is 2.53. The zero-order valence-corrected chi connectivity index (χ0v) is 9.05. The number of nitrogens with one attached hydrogen (secondary N) is 1. The van der Waals surface area contributed by atoms with E-state index >= 15 is 0 Å². The Labute approximate surface area is 84.9 Å². The zero-order chi connectivity index (χ0) is 10.6. The molecule has 0 aromatic carbocycles. The van der Waals surface area contributed by atoms with Gasteiger partial charge in [0.25, 0.3) is 10.2 Å². The molecule has 5 nitrogen and oxygen atoms in total. The average Bonchev–Trinajstić information content (AvgIpc) is 2.87. The maximum Gasteiger partial charge on any atom is 0.280 e. The maximum atomic E-state index is 11.6. The van der Waals surface area contributed by atoms with Crippen LogP contribution < -0.4 is 4.72 Å². The van der Waals surface area contributed by atoms with Crippen molar-refractivity contribution in [1.82, 2.24) is 9.03 Å². The molecular weight excluding hydrogens is 202 g/mol. The van der Waals surface area contributed by atoms with Gasteiger partial charge in [0, 0.05) is 12.6 Å². The van der Waals surface area contributed by atoms with E-state index in [9.17, 15) is 8.42 Å². The minimum absolute atomic E-state index is 0.0735. The van der Waals surface area contributed by atoms with Gasteiger partial charge in [-0.15, -0.1) is 0 Å². The van der Waals surface area contributed by atoms with Crippen molar-refractivity contribution in [3.8, 4) is 6.07 Å². The first kappa shape index (κ1) is 11.4. The monoisotopic (exact) mass is 217 g/mol. The topological polar surface area (TPSA) is 73.2 Å². The van der Waals surface area contributed by atoms with Gasteiger partial charge < -0.3 is 0 Å². The van der Waals surface area contributed by atoms with Gasteiger partial charge >= 0.3 is 0 Å². The van der Waals surface area contributed by atoms with Gasteiger partial charge in [0.1, 0.15) is 6.54 Å². The summed E-state index contributed by atoms with van der Waals surface area (Å²) in [5.41, 5.74) is 0. The van der Waals surface area contributed by atoms with Crippen LogP contribution >= 0.6 is 0 Å². The number of nitrogens with zero attached hydrogens (tertiary/aromatic N) is 2. The highest BCUT2D eigenvalue weighted by Crippen LogP contribution is 2.20. The molecule has 0 aromatic heterocycles. The summed E-state index contributed by atoms with van der Waals surface area (Å²) in [5.74, 6) is 0. The van der Waals surface area contributed by atoms with Crippen LogP contribution in [0.1, 0.15) is 26.2 Å². The molecule has 0 saturated heterocycles. The molecule has 6 heteroatoms. The van der Waals surface area contributed by atoms with Crippen LogP contribution in [0.5, 0.6) is 0 Å². The van der Waals surface area contributed by atoms with Crippen molar-refractivity contribution in [2.45, 2.75) is 32.2 Å². The SMILES string of the molecule is CCCN(CC#N)S(=O)(=O)NC1CC1. The van der Waals surface area contributed by atoms with Gasteiger partial charge in [-0.3, -0.25) is 0 Å². The number of rotatable bonds is 6. The van der Waals surface area contributed by atoms with Gasteiger partial charge in [-0.1, -0.05) is 6.92 Å². The van der Waals surface area contributed by atoms with E-state index in [1.54, 1.807) is 0 Å². The summed E-state index contributed by atoms with van der Waals surface area (Å²) in [6, 6.07) is 1.95. The highest BCUT2D eigenvalue weighted by atomic mass is 32.2. The van der Waals surface area contributed by atoms with Crippen LogP contribution in [0.2, 0.25) is 0 Å². The molecule has 0 aromatic rings. The van der Waals surface area contributed by atoms with Gasteiger partial charge in [-0.25, -0.2) is 0 Å². The third-order valence-electron chi connectivity index (χ3n) is 1.95. The van der Waals surface area contributed by atoms with Crippen molar-refractivity contribution >= 4 is 10.2 Å². The Hall–Kier alpha value is -0.640. The first-order chi connectivity index (χ1) is 6.60. The van der Waals surface area contributed by atoms with E-state index in [1.165, 1.54) is 4.31 Å². The molecule has 1 fully saturated rings. The number of hydrogen-bond acceptors (Lipinski definition) is 3. The van der Waals surface area contributed by atoms with Crippen molar-refractivity contribution in [2.75, 3.05) is 13.1 Å². The van der Waals surface area contributed by atoms with E-state index in [1.807, 2.05) is 13.0 Å². The van der Waals surface area contributed by atoms with E-state index in [-0.39, 0.29) is 12.6 Å². The molecule has 0 atom stereocenters. The summed E-state index contributed by atoms with van der Waals surface area (Å²) in [7, 11) is -3.42. The Morgan fingerprint density at radius 2 is 2.21 bits per heavy atom. The number of nitriles is 1. The first-order valence-corrected chi connectivity index (χ1v) is 6.18. The van der Waals surface area contributed by atoms with Crippen LogP contribution in [0.15, 0.2) is 0 Å². The Morgan fingerprint density at radius 1 is 1.57 bits per heavy atom. The van der Waals surface area contributed by atoms with Crippen molar-refractivity contribution < 1.29 is 8.42 Å². The maximum absolute atomic E-state index is 11.6. The highest BCUT2D eigenvalue weighted by molar-refractivity contribution is 7.87. The normalized spacial score (nSPS) is 16.9. The first-order valence-electron chi connectivity index (χ1n) is 4.74. The van der Waals surface area contributed by atoms with Crippen LogP contribution in [0.25, 0.3) is 0 Å². The summed E-state index contributed by atoms with van der Waals surface area (Å²) >= 11 is 0. The quantitative estimate of drug-likeness (QED) is 0.647. The lowest BCUT2D eigenvalue weighted by Gasteiger charge is -2.18. The minimum Gasteiger partial charge on any atom is -0.199 e. The van der Waals surface area contributed by atoms with Crippen molar-refractivity contribution in [3.05, 3.63) is 0 Å². The van der Waals surface area contributed by atoms with E-state index in [4.69, 9.17) is 5.26 Å². The van der Waals surface area contributed by atoms with Crippen molar-refractivity contribution in [2.24, 2.45) is 0 Å². The van der Waals surface area contributed by atoms with E-state index in [2.05, 4.69) is 4.72 Å². The number of hydrogen-bond donors (Lipinski definition) is 1. The standard InChI is InChI=1S/C8H15N3O2S/c1-2-6-11(7-5-9)14(12,13)10-8-3-4-8/h8,10H,2-4,6-7H2,1H3. The largest absolute Gasteiger partial charge is 0.280 e. The fourth-order valence-corrected chi connectivity index (χ4v) is 2.56. The Balaban J connectivity index is 2.59. The van der Waals surface area contributed by atoms with Crippen LogP contribution in [0.4, 0.5) is 0 Å². The highest BCUT2D eigenvalue weighted by Gasteiger charge is 2.30. The van der Waals surface area contributed by atoms with Gasteiger partial charge in [-0.2, -0.15) is 22.7 Å². The smallest absolute Gasteiger partial charge is 0.199 e. The average molecular weight is 217 g/mol. The molecular formula is C8H15N3O2S. The fraction of sp³-hybridized carbons (Fsp3) is 0.875. The molecule has 1 aliphatic rings. The predicted molar refractivity (Wildman–Crippen MR) is 52.6 cm³/mol. The Morgan fingerprint density at radius 3 is 2.64 bits per heavy atom. The van der Waals surface area contributed by atoms with Gasteiger partial charge in [-0.05, 0) is 19.3 Å². The second-order valence-electron chi connectivity index (χ2n) is 3.39. The molecule has 1 N–H and O–H groups in total. The third kappa shape index (κ3) is 3.25. The van der Waals surface area contributed by atoms with E-state index < -0.39 is 10.2 Å². The molecule has 0 aliphatic heterocycles. The predicted octanol–water partition coefficient (Wildman–Crippen LogP) is 0.219. The lowest BCUT2D eigenvalue weighted by molar-refractivity contribution is 0.434. The summed E-state index contributed by atoms with van der Waals surface area (Å²) < 4.78 is 27.0. The fourth-order valence-electron chi connectivity index (χ4n) is 1.10. The second-order valence-corrected chi connectivity index (χ2v) is 5.09. The molecule has 80 valence electrons. The molecule has 1 aliphatic carbocycles. The molecule has 0 amide bonds. The van der Waals surface area contributed by atoms with Crippen molar-refractivity contribution in [1.29, 1.82) is 5.26 Å². The minimum atomic E-state index is -3.42. The molecule has 0 spiro atoms. The zero-order valence-electron chi connectivity index (χ0n) is 8.23. The molecule has 0 radical (unpaired) electrons. The molecule has 0 bridgehead atoms. The lowest BCUT2D eigenvalue weighted by Crippen LogP contribution is -2.42.